The lowest BCUT2D eigenvalue weighted by molar-refractivity contribution is -0.274. The smallest absolute Gasteiger partial charge is 0.440 e. The van der Waals surface area contributed by atoms with Crippen LogP contribution in [0.3, 0.4) is 0 Å². The number of aromatic nitrogens is 3. The molecule has 2 aromatic heterocycles. The summed E-state index contributed by atoms with van der Waals surface area (Å²) in [5, 5.41) is 0. The van der Waals surface area contributed by atoms with Crippen molar-refractivity contribution in [1.29, 1.82) is 0 Å². The third-order valence-corrected chi connectivity index (χ3v) is 7.47. The molecule has 0 unspecified atom stereocenters. The van der Waals surface area contributed by atoms with Crippen LogP contribution in [0.25, 0.3) is 39.4 Å². The number of nitrogens with zero attached hydrogens (tertiary/aromatic N) is 3. The molecule has 224 valence electrons. The number of hydrogen-bond acceptors (Lipinski definition) is 6. The van der Waals surface area contributed by atoms with Crippen molar-refractivity contribution in [2.24, 2.45) is 0 Å². The number of benzene rings is 3. The van der Waals surface area contributed by atoms with E-state index < -0.39 is 33.8 Å². The number of halogens is 6. The maximum atomic E-state index is 13.5. The lowest BCUT2D eigenvalue weighted by atomic mass is 9.98. The van der Waals surface area contributed by atoms with Crippen LogP contribution in [0.1, 0.15) is 17.4 Å². The Morgan fingerprint density at radius 3 is 2.09 bits per heavy atom. The molecule has 0 aliphatic rings. The predicted molar refractivity (Wildman–Crippen MR) is 144 cm³/mol. The Kier molecular flexibility index (Phi) is 7.37. The first-order valence-electron chi connectivity index (χ1n) is 12.4. The fraction of sp³-hybridized carbons (Fsp3) is 0.172. The molecular formula is C29H21F6N3O4S. The SMILES string of the molecule is Cc1nc(-c2cc(-c3cccc(S(C)(=O)=O)c3)ccc2-n2cc(C(F)(F)F)nc2C)c(-c2ccc(OC(F)(F)F)cc2)o1. The number of oxazole rings is 1. The molecule has 0 saturated carbocycles. The van der Waals surface area contributed by atoms with Gasteiger partial charge < -0.3 is 13.7 Å². The van der Waals surface area contributed by atoms with Crippen LogP contribution in [0.2, 0.25) is 0 Å². The van der Waals surface area contributed by atoms with Gasteiger partial charge in [-0.05, 0) is 66.6 Å². The van der Waals surface area contributed by atoms with Crippen LogP contribution in [0.4, 0.5) is 26.3 Å². The fourth-order valence-electron chi connectivity index (χ4n) is 4.49. The van der Waals surface area contributed by atoms with Gasteiger partial charge in [0.25, 0.3) is 0 Å². The zero-order valence-corrected chi connectivity index (χ0v) is 23.4. The van der Waals surface area contributed by atoms with Gasteiger partial charge >= 0.3 is 12.5 Å². The van der Waals surface area contributed by atoms with Crippen molar-refractivity contribution in [2.75, 3.05) is 6.26 Å². The molecule has 0 aliphatic heterocycles. The Bertz CT molecular complexity index is 1930. The highest BCUT2D eigenvalue weighted by Gasteiger charge is 2.35. The molecule has 0 amide bonds. The van der Waals surface area contributed by atoms with Gasteiger partial charge in [-0.1, -0.05) is 18.2 Å². The van der Waals surface area contributed by atoms with Gasteiger partial charge in [-0.2, -0.15) is 13.2 Å². The maximum Gasteiger partial charge on any atom is 0.573 e. The first kappa shape index (κ1) is 29.9. The summed E-state index contributed by atoms with van der Waals surface area (Å²) in [6.07, 6.45) is -7.70. The van der Waals surface area contributed by atoms with Gasteiger partial charge in [0.2, 0.25) is 0 Å². The number of hydrogen-bond donors (Lipinski definition) is 0. The van der Waals surface area contributed by atoms with E-state index in [1.807, 2.05) is 0 Å². The molecule has 2 heterocycles. The molecule has 14 heteroatoms. The minimum Gasteiger partial charge on any atom is -0.440 e. The molecule has 5 aromatic rings. The summed E-state index contributed by atoms with van der Waals surface area (Å²) in [7, 11) is -3.54. The third kappa shape index (κ3) is 6.43. The first-order chi connectivity index (χ1) is 20.0. The average Bonchev–Trinajstić information content (AvgIpc) is 3.50. The van der Waals surface area contributed by atoms with Crippen LogP contribution in [0.15, 0.2) is 82.2 Å². The highest BCUT2D eigenvalue weighted by Crippen LogP contribution is 2.40. The van der Waals surface area contributed by atoms with Crippen LogP contribution in [0, 0.1) is 13.8 Å². The van der Waals surface area contributed by atoms with E-state index in [2.05, 4.69) is 14.7 Å². The lowest BCUT2D eigenvalue weighted by Gasteiger charge is -2.14. The Labute approximate surface area is 241 Å². The van der Waals surface area contributed by atoms with E-state index in [0.29, 0.717) is 22.3 Å². The highest BCUT2D eigenvalue weighted by molar-refractivity contribution is 7.90. The molecule has 3 aromatic carbocycles. The summed E-state index contributed by atoms with van der Waals surface area (Å²) < 4.78 is 114. The fourth-order valence-corrected chi connectivity index (χ4v) is 5.15. The quantitative estimate of drug-likeness (QED) is 0.180. The molecule has 0 N–H and O–H groups in total. The van der Waals surface area contributed by atoms with E-state index in [0.717, 1.165) is 24.6 Å². The van der Waals surface area contributed by atoms with E-state index in [1.165, 1.54) is 42.7 Å². The van der Waals surface area contributed by atoms with Crippen molar-refractivity contribution in [3.8, 4) is 45.1 Å². The maximum absolute atomic E-state index is 13.5. The van der Waals surface area contributed by atoms with E-state index in [9.17, 15) is 34.8 Å². The molecule has 0 saturated heterocycles. The number of ether oxygens (including phenoxy) is 1. The highest BCUT2D eigenvalue weighted by atomic mass is 32.2. The molecule has 0 fully saturated rings. The minimum absolute atomic E-state index is 0.0239. The predicted octanol–water partition coefficient (Wildman–Crippen LogP) is 7.80. The molecule has 7 nitrogen and oxygen atoms in total. The zero-order chi connectivity index (χ0) is 31.3. The van der Waals surface area contributed by atoms with Crippen LogP contribution in [-0.2, 0) is 16.0 Å². The Morgan fingerprint density at radius 2 is 1.49 bits per heavy atom. The van der Waals surface area contributed by atoms with Crippen LogP contribution in [-0.4, -0.2) is 35.6 Å². The van der Waals surface area contributed by atoms with Gasteiger partial charge in [0, 0.05) is 30.5 Å². The number of aryl methyl sites for hydroxylation is 2. The summed E-state index contributed by atoms with van der Waals surface area (Å²) >= 11 is 0. The third-order valence-electron chi connectivity index (χ3n) is 6.36. The Morgan fingerprint density at radius 1 is 0.837 bits per heavy atom. The van der Waals surface area contributed by atoms with Gasteiger partial charge in [0.15, 0.2) is 27.2 Å². The van der Waals surface area contributed by atoms with Crippen molar-refractivity contribution < 1.29 is 43.9 Å². The topological polar surface area (TPSA) is 87.2 Å². The molecular weight excluding hydrogens is 600 g/mol. The monoisotopic (exact) mass is 621 g/mol. The molecule has 5 rings (SSSR count). The van der Waals surface area contributed by atoms with E-state index in [4.69, 9.17) is 4.42 Å². The largest absolute Gasteiger partial charge is 0.573 e. The zero-order valence-electron chi connectivity index (χ0n) is 22.6. The summed E-state index contributed by atoms with van der Waals surface area (Å²) in [4.78, 5) is 8.20. The van der Waals surface area contributed by atoms with Gasteiger partial charge in [-0.25, -0.2) is 18.4 Å². The molecule has 0 spiro atoms. The summed E-state index contributed by atoms with van der Waals surface area (Å²) in [6.45, 7) is 2.94. The summed E-state index contributed by atoms with van der Waals surface area (Å²) in [6, 6.07) is 15.7. The van der Waals surface area contributed by atoms with Crippen molar-refractivity contribution in [3.63, 3.8) is 0 Å². The molecule has 0 radical (unpaired) electrons. The minimum atomic E-state index is -4.89. The first-order valence-corrected chi connectivity index (χ1v) is 14.3. The van der Waals surface area contributed by atoms with Crippen molar-refractivity contribution in [3.05, 3.63) is 90.3 Å². The molecule has 43 heavy (non-hydrogen) atoms. The van der Waals surface area contributed by atoms with Gasteiger partial charge in [0.05, 0.1) is 10.6 Å². The van der Waals surface area contributed by atoms with Gasteiger partial charge in [0.1, 0.15) is 17.3 Å². The van der Waals surface area contributed by atoms with Crippen molar-refractivity contribution in [2.45, 2.75) is 31.3 Å². The van der Waals surface area contributed by atoms with Crippen LogP contribution in [0.5, 0.6) is 5.75 Å². The standard InChI is InChI=1S/C29H21F6N3O4S/c1-16-36-25(28(30,31)32)15-38(16)24-12-9-20(19-5-4-6-22(13-19)43(3,39)40)14-23(24)26-27(41-17(2)37-26)18-7-10-21(11-8-18)42-29(33,34)35/h4-15H,1-3H3. The number of alkyl halides is 6. The van der Waals surface area contributed by atoms with Crippen molar-refractivity contribution >= 4 is 9.84 Å². The van der Waals surface area contributed by atoms with E-state index in [-0.39, 0.29) is 33.8 Å². The molecule has 0 aliphatic carbocycles. The second kappa shape index (κ2) is 10.6. The van der Waals surface area contributed by atoms with Gasteiger partial charge in [-0.3, -0.25) is 0 Å². The molecule has 0 atom stereocenters. The lowest BCUT2D eigenvalue weighted by Crippen LogP contribution is -2.16. The second-order valence-corrected chi connectivity index (χ2v) is 11.6. The number of sulfone groups is 1. The molecule has 0 bridgehead atoms. The Hall–Kier alpha value is -4.59. The van der Waals surface area contributed by atoms with Crippen LogP contribution < -0.4 is 4.74 Å². The Balaban J connectivity index is 1.72. The number of rotatable bonds is 6. The van der Waals surface area contributed by atoms with Crippen molar-refractivity contribution in [1.82, 2.24) is 14.5 Å². The van der Waals surface area contributed by atoms with E-state index in [1.54, 1.807) is 30.3 Å². The second-order valence-electron chi connectivity index (χ2n) is 9.56. The summed E-state index contributed by atoms with van der Waals surface area (Å²) in [5.74, 6) is -0.130. The van der Waals surface area contributed by atoms with Gasteiger partial charge in [-0.15, -0.1) is 13.2 Å². The van der Waals surface area contributed by atoms with Crippen LogP contribution >= 0.6 is 0 Å². The normalized spacial score (nSPS) is 12.5. The summed E-state index contributed by atoms with van der Waals surface area (Å²) in [5.41, 5.74) is 0.938. The number of imidazole rings is 1. The van der Waals surface area contributed by atoms with E-state index >= 15 is 0 Å². The average molecular weight is 622 g/mol.